The molecule has 0 saturated carbocycles. The average molecular weight is 285 g/mol. The summed E-state index contributed by atoms with van der Waals surface area (Å²) in [4.78, 5) is 7.15. The standard InChI is InChI=1S/C14H21ClN2S/c1-4-12-9-17(5-6-18-12)14-13(8-15)10(2)7-11(3)16-14/h7,12H,4-6,8-9H2,1-3H3. The maximum absolute atomic E-state index is 6.11. The summed E-state index contributed by atoms with van der Waals surface area (Å²) in [6.45, 7) is 8.64. The molecule has 0 N–H and O–H groups in total. The van der Waals surface area contributed by atoms with Gasteiger partial charge in [0, 0.05) is 35.3 Å². The summed E-state index contributed by atoms with van der Waals surface area (Å²) in [6.07, 6.45) is 1.22. The molecule has 1 saturated heterocycles. The Morgan fingerprint density at radius 2 is 2.28 bits per heavy atom. The van der Waals surface area contributed by atoms with Crippen LogP contribution in [-0.2, 0) is 5.88 Å². The third kappa shape index (κ3) is 2.94. The summed E-state index contributed by atoms with van der Waals surface area (Å²) in [5, 5.41) is 0.726. The van der Waals surface area contributed by atoms with Crippen LogP contribution in [0.4, 0.5) is 5.82 Å². The van der Waals surface area contributed by atoms with Gasteiger partial charge in [-0.15, -0.1) is 11.6 Å². The number of aryl methyl sites for hydroxylation is 2. The SMILES string of the molecule is CCC1CN(c2nc(C)cc(C)c2CCl)CCS1. The molecule has 1 atom stereocenters. The Labute approximate surface area is 119 Å². The number of hydrogen-bond donors (Lipinski definition) is 0. The van der Waals surface area contributed by atoms with Gasteiger partial charge < -0.3 is 4.90 Å². The van der Waals surface area contributed by atoms with Gasteiger partial charge in [-0.1, -0.05) is 6.92 Å². The first-order valence-electron chi connectivity index (χ1n) is 6.55. The van der Waals surface area contributed by atoms with E-state index in [9.17, 15) is 0 Å². The molecule has 1 aromatic rings. The van der Waals surface area contributed by atoms with Crippen molar-refractivity contribution in [3.8, 4) is 0 Å². The Morgan fingerprint density at radius 3 is 2.94 bits per heavy atom. The monoisotopic (exact) mass is 284 g/mol. The Balaban J connectivity index is 2.31. The quantitative estimate of drug-likeness (QED) is 0.786. The molecular weight excluding hydrogens is 264 g/mol. The first kappa shape index (κ1) is 14.0. The first-order valence-corrected chi connectivity index (χ1v) is 8.13. The number of halogens is 1. The second-order valence-electron chi connectivity index (χ2n) is 4.86. The van der Waals surface area contributed by atoms with E-state index in [1.807, 2.05) is 0 Å². The maximum atomic E-state index is 6.11. The number of nitrogens with zero attached hydrogens (tertiary/aromatic N) is 2. The van der Waals surface area contributed by atoms with E-state index in [-0.39, 0.29) is 0 Å². The molecule has 0 aliphatic carbocycles. The van der Waals surface area contributed by atoms with Crippen molar-refractivity contribution < 1.29 is 0 Å². The molecule has 18 heavy (non-hydrogen) atoms. The Bertz CT molecular complexity index is 423. The number of alkyl halides is 1. The van der Waals surface area contributed by atoms with Crippen molar-refractivity contribution in [1.29, 1.82) is 0 Å². The molecule has 1 aromatic heterocycles. The van der Waals surface area contributed by atoms with E-state index in [0.29, 0.717) is 5.88 Å². The van der Waals surface area contributed by atoms with Gasteiger partial charge in [0.15, 0.2) is 0 Å². The Kier molecular flexibility index (Phi) is 4.79. The largest absolute Gasteiger partial charge is 0.354 e. The number of anilines is 1. The molecule has 0 bridgehead atoms. The van der Waals surface area contributed by atoms with E-state index in [0.717, 1.165) is 29.9 Å². The second kappa shape index (κ2) is 6.16. The van der Waals surface area contributed by atoms with Crippen LogP contribution >= 0.6 is 23.4 Å². The predicted octanol–water partition coefficient (Wildman–Crippen LogP) is 3.77. The van der Waals surface area contributed by atoms with E-state index < -0.39 is 0 Å². The molecular formula is C14H21ClN2S. The predicted molar refractivity (Wildman–Crippen MR) is 82.0 cm³/mol. The lowest BCUT2D eigenvalue weighted by Crippen LogP contribution is -2.38. The summed E-state index contributed by atoms with van der Waals surface area (Å²) in [5.41, 5.74) is 3.55. The lowest BCUT2D eigenvalue weighted by atomic mass is 10.1. The smallest absolute Gasteiger partial charge is 0.133 e. The molecule has 4 heteroatoms. The molecule has 0 aromatic carbocycles. The minimum atomic E-state index is 0.550. The van der Waals surface area contributed by atoms with E-state index in [2.05, 4.69) is 43.5 Å². The van der Waals surface area contributed by atoms with E-state index in [1.54, 1.807) is 0 Å². The van der Waals surface area contributed by atoms with Crippen molar-refractivity contribution >= 4 is 29.2 Å². The van der Waals surface area contributed by atoms with Crippen LogP contribution in [0.25, 0.3) is 0 Å². The van der Waals surface area contributed by atoms with Gasteiger partial charge in [0.1, 0.15) is 5.82 Å². The van der Waals surface area contributed by atoms with Crippen molar-refractivity contribution in [1.82, 2.24) is 4.98 Å². The fraction of sp³-hybridized carbons (Fsp3) is 0.643. The van der Waals surface area contributed by atoms with Gasteiger partial charge in [0.2, 0.25) is 0 Å². The highest BCUT2D eigenvalue weighted by molar-refractivity contribution is 8.00. The lowest BCUT2D eigenvalue weighted by molar-refractivity contribution is 0.716. The summed E-state index contributed by atoms with van der Waals surface area (Å²) in [7, 11) is 0. The zero-order chi connectivity index (χ0) is 13.1. The molecule has 2 heterocycles. The highest BCUT2D eigenvalue weighted by Crippen LogP contribution is 2.29. The summed E-state index contributed by atoms with van der Waals surface area (Å²) >= 11 is 8.19. The number of pyridine rings is 1. The maximum Gasteiger partial charge on any atom is 0.133 e. The third-order valence-electron chi connectivity index (χ3n) is 3.48. The molecule has 2 rings (SSSR count). The summed E-state index contributed by atoms with van der Waals surface area (Å²) in [5.74, 6) is 2.85. The third-order valence-corrected chi connectivity index (χ3v) is 5.12. The van der Waals surface area contributed by atoms with Crippen molar-refractivity contribution in [3.63, 3.8) is 0 Å². The topological polar surface area (TPSA) is 16.1 Å². The minimum Gasteiger partial charge on any atom is -0.354 e. The van der Waals surface area contributed by atoms with Gasteiger partial charge in [0.05, 0.1) is 5.88 Å². The van der Waals surface area contributed by atoms with Gasteiger partial charge in [-0.3, -0.25) is 0 Å². The van der Waals surface area contributed by atoms with Crippen LogP contribution in [0.2, 0.25) is 0 Å². The number of thioether (sulfide) groups is 1. The minimum absolute atomic E-state index is 0.550. The molecule has 1 aliphatic heterocycles. The van der Waals surface area contributed by atoms with Crippen molar-refractivity contribution in [2.45, 2.75) is 38.3 Å². The lowest BCUT2D eigenvalue weighted by Gasteiger charge is -2.34. The van der Waals surface area contributed by atoms with Gasteiger partial charge >= 0.3 is 0 Å². The number of rotatable bonds is 3. The number of hydrogen-bond acceptors (Lipinski definition) is 3. The van der Waals surface area contributed by atoms with Crippen molar-refractivity contribution in [3.05, 3.63) is 22.9 Å². The van der Waals surface area contributed by atoms with Crippen molar-refractivity contribution in [2.24, 2.45) is 0 Å². The van der Waals surface area contributed by atoms with Crippen molar-refractivity contribution in [2.75, 3.05) is 23.7 Å². The van der Waals surface area contributed by atoms with E-state index in [4.69, 9.17) is 16.6 Å². The molecule has 1 fully saturated rings. The van der Waals surface area contributed by atoms with E-state index in [1.165, 1.54) is 23.3 Å². The first-order chi connectivity index (χ1) is 8.65. The molecule has 0 radical (unpaired) electrons. The van der Waals surface area contributed by atoms with E-state index >= 15 is 0 Å². The normalized spacial score (nSPS) is 20.2. The summed E-state index contributed by atoms with van der Waals surface area (Å²) in [6, 6.07) is 2.12. The fourth-order valence-corrected chi connectivity index (χ4v) is 3.94. The van der Waals surface area contributed by atoms with Crippen LogP contribution in [0.15, 0.2) is 6.07 Å². The molecule has 0 amide bonds. The summed E-state index contributed by atoms with van der Waals surface area (Å²) < 4.78 is 0. The van der Waals surface area contributed by atoms with Crippen LogP contribution in [0, 0.1) is 13.8 Å². The fourth-order valence-electron chi connectivity index (χ4n) is 2.43. The van der Waals surface area contributed by atoms with Gasteiger partial charge in [0.25, 0.3) is 0 Å². The molecule has 100 valence electrons. The zero-order valence-electron chi connectivity index (χ0n) is 11.4. The van der Waals surface area contributed by atoms with Gasteiger partial charge in [-0.2, -0.15) is 11.8 Å². The van der Waals surface area contributed by atoms with Gasteiger partial charge in [-0.05, 0) is 31.9 Å². The number of aromatic nitrogens is 1. The van der Waals surface area contributed by atoms with Crippen LogP contribution in [0.3, 0.4) is 0 Å². The Hall–Kier alpha value is -0.410. The highest BCUT2D eigenvalue weighted by atomic mass is 35.5. The van der Waals surface area contributed by atoms with Crippen LogP contribution in [-0.4, -0.2) is 29.1 Å². The highest BCUT2D eigenvalue weighted by Gasteiger charge is 2.22. The second-order valence-corrected chi connectivity index (χ2v) is 6.54. The van der Waals surface area contributed by atoms with Gasteiger partial charge in [-0.25, -0.2) is 4.98 Å². The average Bonchev–Trinajstić information content (AvgIpc) is 2.38. The van der Waals surface area contributed by atoms with Crippen LogP contribution in [0.1, 0.15) is 30.2 Å². The van der Waals surface area contributed by atoms with Crippen LogP contribution in [0.5, 0.6) is 0 Å². The zero-order valence-corrected chi connectivity index (χ0v) is 12.9. The molecule has 0 spiro atoms. The Morgan fingerprint density at radius 1 is 1.50 bits per heavy atom. The molecule has 1 aliphatic rings. The molecule has 1 unspecified atom stereocenters. The molecule has 2 nitrogen and oxygen atoms in total. The van der Waals surface area contributed by atoms with Crippen LogP contribution < -0.4 is 4.90 Å².